The molecule has 3 heteroatoms. The average Bonchev–Trinajstić information content (AvgIpc) is 2.18. The lowest BCUT2D eigenvalue weighted by Crippen LogP contribution is -2.43. The number of terminal acetylenes is 1. The number of rotatable bonds is 3. The summed E-state index contributed by atoms with van der Waals surface area (Å²) in [5.41, 5.74) is 0. The maximum atomic E-state index is 12.0. The molecule has 0 saturated carbocycles. The van der Waals surface area contributed by atoms with E-state index in [0.29, 0.717) is 6.54 Å². The lowest BCUT2D eigenvalue weighted by atomic mass is 10.0. The highest BCUT2D eigenvalue weighted by molar-refractivity contribution is 5.01. The molecule has 1 fully saturated rings. The van der Waals surface area contributed by atoms with Gasteiger partial charge in [-0.25, -0.2) is 4.39 Å². The van der Waals surface area contributed by atoms with Crippen molar-refractivity contribution < 1.29 is 9.50 Å². The van der Waals surface area contributed by atoms with Crippen molar-refractivity contribution in [1.82, 2.24) is 4.90 Å². The van der Waals surface area contributed by atoms with Gasteiger partial charge in [-0.15, -0.1) is 6.42 Å². The fraction of sp³-hybridized carbons (Fsp3) is 0.800. The molecule has 1 N–H and O–H groups in total. The van der Waals surface area contributed by atoms with Gasteiger partial charge < -0.3 is 5.11 Å². The second-order valence-electron chi connectivity index (χ2n) is 3.48. The number of hydrogen-bond acceptors (Lipinski definition) is 2. The molecule has 13 heavy (non-hydrogen) atoms. The van der Waals surface area contributed by atoms with E-state index in [2.05, 4.69) is 5.92 Å². The van der Waals surface area contributed by atoms with Gasteiger partial charge in [0.15, 0.2) is 0 Å². The van der Waals surface area contributed by atoms with Crippen LogP contribution in [0.15, 0.2) is 0 Å². The molecule has 1 heterocycles. The smallest absolute Gasteiger partial charge is 0.117 e. The van der Waals surface area contributed by atoms with Gasteiger partial charge in [-0.1, -0.05) is 5.92 Å². The van der Waals surface area contributed by atoms with E-state index in [-0.39, 0.29) is 6.04 Å². The molecule has 1 rings (SSSR count). The third kappa shape index (κ3) is 2.98. The van der Waals surface area contributed by atoms with Gasteiger partial charge in [0, 0.05) is 6.54 Å². The van der Waals surface area contributed by atoms with Crippen LogP contribution in [0.1, 0.15) is 19.3 Å². The molecule has 0 aromatic heterocycles. The fourth-order valence-corrected chi connectivity index (χ4v) is 1.72. The van der Waals surface area contributed by atoms with Crippen LogP contribution in [0.4, 0.5) is 4.39 Å². The lowest BCUT2D eigenvalue weighted by Gasteiger charge is -2.33. The molecule has 1 saturated heterocycles. The Bertz CT molecular complexity index is 190. The van der Waals surface area contributed by atoms with Gasteiger partial charge in [-0.2, -0.15) is 0 Å². The van der Waals surface area contributed by atoms with Crippen molar-refractivity contribution in [2.75, 3.05) is 19.8 Å². The van der Waals surface area contributed by atoms with Gasteiger partial charge in [-0.3, -0.25) is 4.90 Å². The quantitative estimate of drug-likeness (QED) is 0.657. The maximum absolute atomic E-state index is 12.0. The summed E-state index contributed by atoms with van der Waals surface area (Å²) in [6, 6.07) is 0.0925. The van der Waals surface area contributed by atoms with E-state index in [4.69, 9.17) is 11.5 Å². The molecular formula is C10H16FNO. The van der Waals surface area contributed by atoms with Crippen molar-refractivity contribution in [3.05, 3.63) is 0 Å². The van der Waals surface area contributed by atoms with Gasteiger partial charge in [0.2, 0.25) is 0 Å². The van der Waals surface area contributed by atoms with Crippen LogP contribution in [0, 0.1) is 12.3 Å². The summed E-state index contributed by atoms with van der Waals surface area (Å²) in [7, 11) is 0. The van der Waals surface area contributed by atoms with E-state index in [1.54, 1.807) is 0 Å². The summed E-state index contributed by atoms with van der Waals surface area (Å²) in [6.45, 7) is 0.561. The lowest BCUT2D eigenvalue weighted by molar-refractivity contribution is 0.0677. The van der Waals surface area contributed by atoms with Crippen molar-refractivity contribution in [2.24, 2.45) is 0 Å². The minimum Gasteiger partial charge on any atom is -0.389 e. The van der Waals surface area contributed by atoms with Crippen LogP contribution in [-0.4, -0.2) is 41.9 Å². The predicted molar refractivity (Wildman–Crippen MR) is 50.0 cm³/mol. The molecule has 0 bridgehead atoms. The summed E-state index contributed by atoms with van der Waals surface area (Å²) >= 11 is 0. The molecular weight excluding hydrogens is 169 g/mol. The number of hydrogen-bond donors (Lipinski definition) is 1. The average molecular weight is 185 g/mol. The maximum Gasteiger partial charge on any atom is 0.117 e. The molecule has 0 aliphatic carbocycles. The van der Waals surface area contributed by atoms with Gasteiger partial charge in [0.1, 0.15) is 6.67 Å². The zero-order valence-electron chi connectivity index (χ0n) is 7.75. The van der Waals surface area contributed by atoms with Crippen LogP contribution in [0.2, 0.25) is 0 Å². The third-order valence-electron chi connectivity index (χ3n) is 2.43. The number of piperidine rings is 1. The molecule has 0 amide bonds. The normalized spacial score (nSPS) is 26.7. The molecule has 74 valence electrons. The highest BCUT2D eigenvalue weighted by Crippen LogP contribution is 2.16. The third-order valence-corrected chi connectivity index (χ3v) is 2.43. The summed E-state index contributed by atoms with van der Waals surface area (Å²) < 4.78 is 12.0. The first-order valence-electron chi connectivity index (χ1n) is 4.72. The van der Waals surface area contributed by atoms with Crippen LogP contribution in [0.5, 0.6) is 0 Å². The van der Waals surface area contributed by atoms with Gasteiger partial charge in [0.05, 0.1) is 12.1 Å². The Morgan fingerprint density at radius 3 is 3.00 bits per heavy atom. The van der Waals surface area contributed by atoms with Crippen LogP contribution in [-0.2, 0) is 0 Å². The summed E-state index contributed by atoms with van der Waals surface area (Å²) in [6.07, 6.45) is 7.66. The first-order chi connectivity index (χ1) is 6.27. The molecule has 0 aromatic carbocycles. The number of aliphatic hydroxyl groups excluding tert-OH is 1. The van der Waals surface area contributed by atoms with Crippen molar-refractivity contribution in [2.45, 2.75) is 31.4 Å². The Hall–Kier alpha value is -0.590. The molecule has 0 aromatic rings. The number of β-amino-alcohol motifs (C(OH)–C–C–N with tert-alkyl or cyclic N) is 1. The van der Waals surface area contributed by atoms with E-state index in [9.17, 15) is 4.39 Å². The minimum atomic E-state index is -0.881. The molecule has 2 atom stereocenters. The number of likely N-dealkylation sites (tertiary alicyclic amines) is 1. The van der Waals surface area contributed by atoms with Crippen LogP contribution < -0.4 is 0 Å². The largest absolute Gasteiger partial charge is 0.389 e. The SMILES string of the molecule is C#CC1CCCCN1CC(O)CF. The van der Waals surface area contributed by atoms with Gasteiger partial charge >= 0.3 is 0 Å². The Morgan fingerprint density at radius 1 is 1.62 bits per heavy atom. The Labute approximate surface area is 78.7 Å². The zero-order chi connectivity index (χ0) is 9.68. The number of halogens is 1. The fourth-order valence-electron chi connectivity index (χ4n) is 1.72. The van der Waals surface area contributed by atoms with Crippen LogP contribution in [0.25, 0.3) is 0 Å². The number of alkyl halides is 1. The van der Waals surface area contributed by atoms with Gasteiger partial charge in [-0.05, 0) is 25.8 Å². The van der Waals surface area contributed by atoms with E-state index < -0.39 is 12.8 Å². The molecule has 1 aliphatic heterocycles. The molecule has 2 unspecified atom stereocenters. The Kier molecular flexibility index (Phi) is 4.20. The molecule has 1 aliphatic rings. The summed E-state index contributed by atoms with van der Waals surface area (Å²) in [4.78, 5) is 1.99. The van der Waals surface area contributed by atoms with Crippen molar-refractivity contribution >= 4 is 0 Å². The highest BCUT2D eigenvalue weighted by atomic mass is 19.1. The predicted octanol–water partition coefficient (Wildman–Crippen LogP) is 0.805. The standard InChI is InChI=1S/C10H16FNO/c1-2-9-5-3-4-6-12(9)8-10(13)7-11/h1,9-10,13H,3-8H2. The van der Waals surface area contributed by atoms with E-state index in [1.807, 2.05) is 4.90 Å². The minimum absolute atomic E-state index is 0.0925. The molecule has 2 nitrogen and oxygen atoms in total. The topological polar surface area (TPSA) is 23.5 Å². The Balaban J connectivity index is 2.41. The van der Waals surface area contributed by atoms with E-state index >= 15 is 0 Å². The first kappa shape index (κ1) is 10.5. The highest BCUT2D eigenvalue weighted by Gasteiger charge is 2.22. The first-order valence-corrected chi connectivity index (χ1v) is 4.72. The second kappa shape index (κ2) is 5.21. The van der Waals surface area contributed by atoms with Gasteiger partial charge in [0.25, 0.3) is 0 Å². The number of aliphatic hydroxyl groups is 1. The zero-order valence-corrected chi connectivity index (χ0v) is 7.75. The molecule has 0 spiro atoms. The van der Waals surface area contributed by atoms with Crippen molar-refractivity contribution in [3.8, 4) is 12.3 Å². The summed E-state index contributed by atoms with van der Waals surface area (Å²) in [5.74, 6) is 2.68. The van der Waals surface area contributed by atoms with Crippen LogP contribution in [0.3, 0.4) is 0 Å². The monoisotopic (exact) mass is 185 g/mol. The second-order valence-corrected chi connectivity index (χ2v) is 3.48. The number of nitrogens with zero attached hydrogens (tertiary/aromatic N) is 1. The van der Waals surface area contributed by atoms with E-state index in [1.165, 1.54) is 0 Å². The van der Waals surface area contributed by atoms with Crippen LogP contribution >= 0.6 is 0 Å². The molecule has 0 radical (unpaired) electrons. The summed E-state index contributed by atoms with van der Waals surface area (Å²) in [5, 5.41) is 9.14. The Morgan fingerprint density at radius 2 is 2.38 bits per heavy atom. The van der Waals surface area contributed by atoms with Crippen molar-refractivity contribution in [3.63, 3.8) is 0 Å². The van der Waals surface area contributed by atoms with Crippen molar-refractivity contribution in [1.29, 1.82) is 0 Å². The van der Waals surface area contributed by atoms with E-state index in [0.717, 1.165) is 25.8 Å².